The molecule has 0 amide bonds. The number of para-hydroxylation sites is 2. The molecule has 4 rings (SSSR count). The van der Waals surface area contributed by atoms with Crippen molar-refractivity contribution < 1.29 is 26.6 Å². The number of anilines is 2. The summed E-state index contributed by atoms with van der Waals surface area (Å²) in [6, 6.07) is 32.8. The Morgan fingerprint density at radius 1 is 0.758 bits per heavy atom. The smallest absolute Gasteiger partial charge is 0.481 e. The van der Waals surface area contributed by atoms with Crippen molar-refractivity contribution in [3.63, 3.8) is 0 Å². The molecule has 0 bridgehead atoms. The average molecular weight is 454 g/mol. The Kier molecular flexibility index (Phi) is 8.08. The summed E-state index contributed by atoms with van der Waals surface area (Å²) in [6.45, 7) is 2.60. The van der Waals surface area contributed by atoms with Crippen molar-refractivity contribution in [2.24, 2.45) is 0 Å². The molecule has 1 aromatic heterocycles. The van der Waals surface area contributed by atoms with E-state index in [0.717, 1.165) is 34.1 Å². The van der Waals surface area contributed by atoms with Gasteiger partial charge in [-0.2, -0.15) is 4.57 Å². The first kappa shape index (κ1) is 23.8. The third kappa shape index (κ3) is 7.68. The molecule has 1 N–H and O–H groups in total. The zero-order valence-corrected chi connectivity index (χ0v) is 18.0. The molecular weight excluding hydrogens is 431 g/mol. The van der Waals surface area contributed by atoms with Crippen molar-refractivity contribution in [2.75, 3.05) is 5.32 Å². The molecule has 0 radical (unpaired) electrons. The first-order valence-corrected chi connectivity index (χ1v) is 10.3. The van der Waals surface area contributed by atoms with Gasteiger partial charge >= 0.3 is 7.25 Å². The van der Waals surface area contributed by atoms with Crippen molar-refractivity contribution in [3.8, 4) is 11.4 Å². The molecule has 0 saturated heterocycles. The summed E-state index contributed by atoms with van der Waals surface area (Å²) >= 11 is 0. The van der Waals surface area contributed by atoms with Crippen LogP contribution in [0, 0.1) is 6.92 Å². The van der Waals surface area contributed by atoms with E-state index in [2.05, 4.69) is 65.5 Å². The molecule has 0 spiro atoms. The number of hydrogen-bond acceptors (Lipinski definition) is 2. The van der Waals surface area contributed by atoms with Gasteiger partial charge < -0.3 is 27.3 Å². The van der Waals surface area contributed by atoms with E-state index in [4.69, 9.17) is 4.74 Å². The van der Waals surface area contributed by atoms with Crippen LogP contribution < -0.4 is 14.6 Å². The molecule has 3 aromatic carbocycles. The molecule has 0 aliphatic rings. The lowest BCUT2D eigenvalue weighted by molar-refractivity contribution is -0.603. The zero-order valence-electron chi connectivity index (χ0n) is 18.0. The Morgan fingerprint density at radius 2 is 1.27 bits per heavy atom. The SMILES string of the molecule is Cc1c(OCc2ccccc2)c(Nc2ccccc2)cc[n+]1-c1ccccc1.F[B-](F)(F)F. The summed E-state index contributed by atoms with van der Waals surface area (Å²) in [7, 11) is -6.00. The minimum absolute atomic E-state index is 0.518. The highest BCUT2D eigenvalue weighted by Gasteiger charge is 2.21. The van der Waals surface area contributed by atoms with E-state index in [-0.39, 0.29) is 0 Å². The molecule has 8 heteroatoms. The van der Waals surface area contributed by atoms with E-state index in [1.165, 1.54) is 0 Å². The van der Waals surface area contributed by atoms with E-state index in [9.17, 15) is 17.3 Å². The summed E-state index contributed by atoms with van der Waals surface area (Å²) in [4.78, 5) is 0. The molecule has 170 valence electrons. The van der Waals surface area contributed by atoms with Gasteiger partial charge in [0.2, 0.25) is 17.1 Å². The molecule has 0 saturated carbocycles. The molecule has 1 heterocycles. The van der Waals surface area contributed by atoms with Crippen LogP contribution in [-0.4, -0.2) is 7.25 Å². The van der Waals surface area contributed by atoms with Crippen LogP contribution in [-0.2, 0) is 6.61 Å². The van der Waals surface area contributed by atoms with E-state index in [1.54, 1.807) is 0 Å². The minimum atomic E-state index is -6.00. The van der Waals surface area contributed by atoms with Crippen LogP contribution >= 0.6 is 0 Å². The molecule has 0 aliphatic carbocycles. The molecule has 4 aromatic rings. The van der Waals surface area contributed by atoms with Crippen LogP contribution in [0.3, 0.4) is 0 Å². The Hall–Kier alpha value is -3.81. The standard InChI is InChI=1S/C25H22N2O.BF4/c1-20-25(28-19-21-11-5-2-6-12-21)24(26-22-13-7-3-8-14-22)17-18-27(20)23-15-9-4-10-16-23;2-1(3,4)5/h2-18H,19H2,1H3;/q;-1/p+1. The van der Waals surface area contributed by atoms with Crippen molar-refractivity contribution >= 4 is 18.6 Å². The van der Waals surface area contributed by atoms with Crippen LogP contribution in [0.25, 0.3) is 5.69 Å². The van der Waals surface area contributed by atoms with Gasteiger partial charge in [0.05, 0.1) is 5.69 Å². The Morgan fingerprint density at radius 3 is 1.85 bits per heavy atom. The topological polar surface area (TPSA) is 25.1 Å². The highest BCUT2D eigenvalue weighted by Crippen LogP contribution is 2.30. The highest BCUT2D eigenvalue weighted by atomic mass is 19.5. The normalized spacial score (nSPS) is 10.7. The molecule has 0 unspecified atom stereocenters. The van der Waals surface area contributed by atoms with Gasteiger partial charge in [-0.05, 0) is 17.7 Å². The summed E-state index contributed by atoms with van der Waals surface area (Å²) in [5.41, 5.74) is 5.28. The van der Waals surface area contributed by atoms with Crippen LogP contribution in [0.4, 0.5) is 28.6 Å². The number of ether oxygens (including phenoxy) is 1. The largest absolute Gasteiger partial charge is 0.673 e. The van der Waals surface area contributed by atoms with Gasteiger partial charge in [-0.3, -0.25) is 0 Å². The summed E-state index contributed by atoms with van der Waals surface area (Å²) in [6.07, 6.45) is 2.07. The van der Waals surface area contributed by atoms with E-state index >= 15 is 0 Å². The average Bonchev–Trinajstić information content (AvgIpc) is 2.80. The van der Waals surface area contributed by atoms with Gasteiger partial charge in [-0.25, -0.2) is 0 Å². The number of halogens is 4. The van der Waals surface area contributed by atoms with Crippen LogP contribution in [0.2, 0.25) is 0 Å². The number of aromatic nitrogens is 1. The highest BCUT2D eigenvalue weighted by molar-refractivity contribution is 6.50. The van der Waals surface area contributed by atoms with Crippen LogP contribution in [0.5, 0.6) is 5.75 Å². The molecule has 33 heavy (non-hydrogen) atoms. The molecular formula is C25H23BF4N2O. The lowest BCUT2D eigenvalue weighted by Gasteiger charge is -2.15. The summed E-state index contributed by atoms with van der Waals surface area (Å²) in [5, 5.41) is 3.49. The maximum absolute atomic E-state index is 9.75. The second kappa shape index (κ2) is 11.2. The van der Waals surface area contributed by atoms with Crippen molar-refractivity contribution in [1.82, 2.24) is 0 Å². The van der Waals surface area contributed by atoms with Crippen molar-refractivity contribution in [1.29, 1.82) is 0 Å². The summed E-state index contributed by atoms with van der Waals surface area (Å²) < 4.78 is 47.5. The van der Waals surface area contributed by atoms with E-state index in [0.29, 0.717) is 6.61 Å². The van der Waals surface area contributed by atoms with E-state index < -0.39 is 7.25 Å². The van der Waals surface area contributed by atoms with Gasteiger partial charge in [-0.15, -0.1) is 0 Å². The Labute approximate surface area is 190 Å². The van der Waals surface area contributed by atoms with Gasteiger partial charge in [0.15, 0.2) is 6.20 Å². The van der Waals surface area contributed by atoms with E-state index in [1.807, 2.05) is 54.6 Å². The lowest BCUT2D eigenvalue weighted by atomic mass is 10.2. The van der Waals surface area contributed by atoms with Crippen molar-refractivity contribution in [3.05, 3.63) is 115 Å². The van der Waals surface area contributed by atoms with Gasteiger partial charge in [0.25, 0.3) is 0 Å². The van der Waals surface area contributed by atoms with Gasteiger partial charge in [0.1, 0.15) is 6.61 Å². The molecule has 0 aliphatic heterocycles. The van der Waals surface area contributed by atoms with Gasteiger partial charge in [0, 0.05) is 30.8 Å². The second-order valence-electron chi connectivity index (χ2n) is 7.11. The molecule has 0 fully saturated rings. The first-order valence-electron chi connectivity index (χ1n) is 10.3. The quantitative estimate of drug-likeness (QED) is 0.195. The maximum Gasteiger partial charge on any atom is 0.673 e. The van der Waals surface area contributed by atoms with Gasteiger partial charge in [-0.1, -0.05) is 66.7 Å². The lowest BCUT2D eigenvalue weighted by Crippen LogP contribution is -2.34. The zero-order chi connectivity index (χ0) is 23.7. The first-order chi connectivity index (χ1) is 15.8. The predicted octanol–water partition coefficient (Wildman–Crippen LogP) is 6.89. The fraction of sp³-hybridized carbons (Fsp3) is 0.0800. The predicted molar refractivity (Wildman–Crippen MR) is 123 cm³/mol. The maximum atomic E-state index is 9.75. The fourth-order valence-corrected chi connectivity index (χ4v) is 3.20. The fourth-order valence-electron chi connectivity index (χ4n) is 3.20. The monoisotopic (exact) mass is 454 g/mol. The minimum Gasteiger partial charge on any atom is -0.481 e. The number of benzene rings is 3. The van der Waals surface area contributed by atoms with Crippen LogP contribution in [0.1, 0.15) is 11.3 Å². The van der Waals surface area contributed by atoms with Crippen LogP contribution in [0.15, 0.2) is 103 Å². The molecule has 0 atom stereocenters. The number of pyridine rings is 1. The van der Waals surface area contributed by atoms with Crippen molar-refractivity contribution in [2.45, 2.75) is 13.5 Å². The number of nitrogens with zero attached hydrogens (tertiary/aromatic N) is 1. The number of nitrogens with one attached hydrogen (secondary N) is 1. The Balaban J connectivity index is 0.000000555. The third-order valence-corrected chi connectivity index (χ3v) is 4.64. The third-order valence-electron chi connectivity index (χ3n) is 4.64. The number of rotatable bonds is 6. The summed E-state index contributed by atoms with van der Waals surface area (Å²) in [5.74, 6) is 0.846. The molecule has 3 nitrogen and oxygen atoms in total. The Bertz CT molecular complexity index is 1140. The second-order valence-corrected chi connectivity index (χ2v) is 7.11. The number of hydrogen-bond donors (Lipinski definition) is 1.